The molecule has 7 unspecified atom stereocenters. The zero-order valence-electron chi connectivity index (χ0n) is 34.9. The zero-order valence-corrected chi connectivity index (χ0v) is 34.9. The molecule has 2 heteroatoms. The van der Waals surface area contributed by atoms with Crippen molar-refractivity contribution in [3.8, 4) is 23.0 Å². The molecular formula is C53H66O2. The van der Waals surface area contributed by atoms with E-state index in [9.17, 15) is 0 Å². The molecule has 4 aromatic carbocycles. The first-order chi connectivity index (χ1) is 26.5. The third-order valence-corrected chi connectivity index (χ3v) is 15.7. The van der Waals surface area contributed by atoms with Crippen LogP contribution in [0.25, 0.3) is 0 Å². The maximum atomic E-state index is 6.32. The van der Waals surface area contributed by atoms with Gasteiger partial charge in [-0.2, -0.15) is 0 Å². The molecule has 3 fully saturated rings. The zero-order chi connectivity index (χ0) is 38.4. The van der Waals surface area contributed by atoms with Crippen LogP contribution in [0.15, 0.2) is 109 Å². The molecule has 0 spiro atoms. The number of ether oxygens (including phenoxy) is 2. The van der Waals surface area contributed by atoms with E-state index >= 15 is 0 Å². The Morgan fingerprint density at radius 1 is 0.600 bits per heavy atom. The number of hydrogen-bond donors (Lipinski definition) is 0. The van der Waals surface area contributed by atoms with E-state index in [2.05, 4.69) is 152 Å². The third-order valence-electron chi connectivity index (χ3n) is 15.7. The molecule has 4 aliphatic rings. The van der Waals surface area contributed by atoms with Gasteiger partial charge in [0.1, 0.15) is 23.0 Å². The maximum absolute atomic E-state index is 6.32. The highest BCUT2D eigenvalue weighted by atomic mass is 16.5. The predicted octanol–water partition coefficient (Wildman–Crippen LogP) is 15.2. The molecule has 4 aromatic rings. The van der Waals surface area contributed by atoms with Crippen LogP contribution < -0.4 is 9.47 Å². The first-order valence-corrected chi connectivity index (χ1v) is 21.9. The van der Waals surface area contributed by atoms with Crippen molar-refractivity contribution in [2.24, 2.45) is 46.3 Å². The lowest BCUT2D eigenvalue weighted by molar-refractivity contribution is -0.0530. The minimum atomic E-state index is -0.101. The average Bonchev–Trinajstić information content (AvgIpc) is 3.54. The van der Waals surface area contributed by atoms with Crippen molar-refractivity contribution < 1.29 is 9.47 Å². The Bertz CT molecular complexity index is 1840. The summed E-state index contributed by atoms with van der Waals surface area (Å²) >= 11 is 0. The van der Waals surface area contributed by atoms with Gasteiger partial charge in [-0.1, -0.05) is 125 Å². The van der Waals surface area contributed by atoms with E-state index in [1.54, 1.807) is 5.57 Å². The van der Waals surface area contributed by atoms with Crippen molar-refractivity contribution in [3.05, 3.63) is 131 Å². The number of allylic oxidation sites excluding steroid dienone is 2. The van der Waals surface area contributed by atoms with Gasteiger partial charge in [0.2, 0.25) is 0 Å². The Kier molecular flexibility index (Phi) is 10.6. The largest absolute Gasteiger partial charge is 0.457 e. The quantitative estimate of drug-likeness (QED) is 0.143. The minimum Gasteiger partial charge on any atom is -0.457 e. The summed E-state index contributed by atoms with van der Waals surface area (Å²) in [5.41, 5.74) is 7.68. The second kappa shape index (κ2) is 15.3. The fraction of sp³-hybridized carbons (Fsp3) is 0.509. The van der Waals surface area contributed by atoms with E-state index in [4.69, 9.17) is 9.47 Å². The predicted molar refractivity (Wildman–Crippen MR) is 229 cm³/mol. The molecule has 55 heavy (non-hydrogen) atoms. The average molecular weight is 735 g/mol. The van der Waals surface area contributed by atoms with E-state index in [1.807, 2.05) is 0 Å². The summed E-state index contributed by atoms with van der Waals surface area (Å²) in [6, 6.07) is 34.8. The van der Waals surface area contributed by atoms with Crippen LogP contribution in [0.1, 0.15) is 128 Å². The highest BCUT2D eigenvalue weighted by Gasteiger charge is 2.60. The van der Waals surface area contributed by atoms with Crippen molar-refractivity contribution in [1.29, 1.82) is 0 Å². The summed E-state index contributed by atoms with van der Waals surface area (Å²) in [6.07, 6.45) is 17.5. The van der Waals surface area contributed by atoms with Crippen molar-refractivity contribution in [3.63, 3.8) is 0 Å². The lowest BCUT2D eigenvalue weighted by Gasteiger charge is -2.60. The van der Waals surface area contributed by atoms with Crippen molar-refractivity contribution in [1.82, 2.24) is 0 Å². The Balaban J connectivity index is 1.07. The summed E-state index contributed by atoms with van der Waals surface area (Å²) in [5, 5.41) is 0. The summed E-state index contributed by atoms with van der Waals surface area (Å²) < 4.78 is 12.6. The first-order valence-electron chi connectivity index (χ1n) is 21.9. The number of fused-ring (bicyclic) bond motifs is 5. The molecule has 0 amide bonds. The normalized spacial score (nSPS) is 28.8. The van der Waals surface area contributed by atoms with Crippen LogP contribution in [0, 0.1) is 60.2 Å². The van der Waals surface area contributed by atoms with Crippen LogP contribution in [0.3, 0.4) is 0 Å². The van der Waals surface area contributed by atoms with Gasteiger partial charge in [0, 0.05) is 5.41 Å². The Morgan fingerprint density at radius 2 is 1.13 bits per heavy atom. The molecule has 0 heterocycles. The summed E-state index contributed by atoms with van der Waals surface area (Å²) in [4.78, 5) is 0. The highest BCUT2D eigenvalue weighted by molar-refractivity contribution is 5.48. The van der Waals surface area contributed by atoms with E-state index in [-0.39, 0.29) is 10.8 Å². The number of aryl methyl sites for hydroxylation is 2. The van der Waals surface area contributed by atoms with E-state index in [0.29, 0.717) is 5.41 Å². The standard InChI is InChI=1S/C53H66O2/c1-36(2)9-8-10-39(5)48-29-30-49-47-28-19-42-35-53(34-33-51(42,6)50(47)31-32-52(48,49)7,40-15-24-45(25-16-40)54-43-20-11-37(3)12-21-43)41-17-26-46(27-18-41)55-44-22-13-38(4)14-23-44/h11-27,36,39,47-50H,8-10,28-35H2,1-7H3. The Labute approximate surface area is 333 Å². The monoisotopic (exact) mass is 735 g/mol. The third kappa shape index (κ3) is 7.33. The Morgan fingerprint density at radius 3 is 1.65 bits per heavy atom. The Hall–Kier alpha value is -3.78. The van der Waals surface area contributed by atoms with E-state index < -0.39 is 0 Å². The van der Waals surface area contributed by atoms with Crippen LogP contribution in [-0.4, -0.2) is 0 Å². The van der Waals surface area contributed by atoms with Crippen LogP contribution in [-0.2, 0) is 5.41 Å². The lowest BCUT2D eigenvalue weighted by atomic mass is 9.44. The van der Waals surface area contributed by atoms with Crippen LogP contribution in [0.5, 0.6) is 23.0 Å². The van der Waals surface area contributed by atoms with Gasteiger partial charge in [-0.05, 0) is 171 Å². The van der Waals surface area contributed by atoms with Gasteiger partial charge in [0.15, 0.2) is 0 Å². The van der Waals surface area contributed by atoms with Gasteiger partial charge < -0.3 is 9.47 Å². The fourth-order valence-corrected chi connectivity index (χ4v) is 12.5. The second-order valence-corrected chi connectivity index (χ2v) is 19.4. The summed E-state index contributed by atoms with van der Waals surface area (Å²) in [6.45, 7) is 17.0. The second-order valence-electron chi connectivity index (χ2n) is 19.4. The van der Waals surface area contributed by atoms with Gasteiger partial charge in [0.25, 0.3) is 0 Å². The van der Waals surface area contributed by atoms with Gasteiger partial charge in [0.05, 0.1) is 0 Å². The number of benzene rings is 4. The van der Waals surface area contributed by atoms with Crippen molar-refractivity contribution >= 4 is 0 Å². The molecule has 0 aromatic heterocycles. The molecule has 4 aliphatic carbocycles. The van der Waals surface area contributed by atoms with Crippen LogP contribution in [0.2, 0.25) is 0 Å². The number of hydrogen-bond acceptors (Lipinski definition) is 2. The van der Waals surface area contributed by atoms with Crippen molar-refractivity contribution in [2.45, 2.75) is 125 Å². The molecule has 290 valence electrons. The molecule has 0 aliphatic heterocycles. The topological polar surface area (TPSA) is 18.5 Å². The fourth-order valence-electron chi connectivity index (χ4n) is 12.5. The molecule has 0 N–H and O–H groups in total. The van der Waals surface area contributed by atoms with Crippen molar-refractivity contribution in [2.75, 3.05) is 0 Å². The summed E-state index contributed by atoms with van der Waals surface area (Å²) in [5.74, 6) is 8.63. The first kappa shape index (κ1) is 38.1. The van der Waals surface area contributed by atoms with Gasteiger partial charge in [-0.15, -0.1) is 0 Å². The van der Waals surface area contributed by atoms with Gasteiger partial charge >= 0.3 is 0 Å². The summed E-state index contributed by atoms with van der Waals surface area (Å²) in [7, 11) is 0. The molecular weight excluding hydrogens is 669 g/mol. The van der Waals surface area contributed by atoms with Gasteiger partial charge in [-0.3, -0.25) is 0 Å². The number of rotatable bonds is 11. The van der Waals surface area contributed by atoms with E-state index in [1.165, 1.54) is 80.0 Å². The highest BCUT2D eigenvalue weighted by Crippen LogP contribution is 2.69. The SMILES string of the molecule is Cc1ccc(Oc2ccc(C3(c4ccc(Oc5ccc(C)cc5)cc4)CCC4(C)C(=CCC5C4CCC4(C)C(C(C)CCCC(C)C)CCC54)C3)cc2)cc1. The lowest BCUT2D eigenvalue weighted by Crippen LogP contribution is -2.52. The minimum absolute atomic E-state index is 0.101. The molecule has 7 atom stereocenters. The van der Waals surface area contributed by atoms with Crippen LogP contribution >= 0.6 is 0 Å². The van der Waals surface area contributed by atoms with Gasteiger partial charge in [-0.25, -0.2) is 0 Å². The molecule has 0 bridgehead atoms. The molecule has 2 nitrogen and oxygen atoms in total. The smallest absolute Gasteiger partial charge is 0.127 e. The molecule has 8 rings (SSSR count). The van der Waals surface area contributed by atoms with E-state index in [0.717, 1.165) is 71.3 Å². The van der Waals surface area contributed by atoms with Crippen LogP contribution in [0.4, 0.5) is 0 Å². The molecule has 0 radical (unpaired) electrons. The molecule has 0 saturated heterocycles. The maximum Gasteiger partial charge on any atom is 0.127 e. The molecule has 3 saturated carbocycles.